The normalized spacial score (nSPS) is 14.3. The molecule has 1 aliphatic heterocycles. The van der Waals surface area contributed by atoms with E-state index < -0.39 is 0 Å². The maximum Gasteiger partial charge on any atom is 0.223 e. The van der Waals surface area contributed by atoms with Gasteiger partial charge in [0.25, 0.3) is 0 Å². The first-order valence-electron chi connectivity index (χ1n) is 12.0. The van der Waals surface area contributed by atoms with Crippen molar-refractivity contribution in [1.82, 2.24) is 19.6 Å². The summed E-state index contributed by atoms with van der Waals surface area (Å²) in [4.78, 5) is 29.2. The zero-order valence-electron chi connectivity index (χ0n) is 20.1. The molecule has 2 amide bonds. The van der Waals surface area contributed by atoms with Crippen molar-refractivity contribution < 1.29 is 9.59 Å². The monoisotopic (exact) mass is 438 g/mol. The molecule has 1 aromatic carbocycles. The first-order valence-corrected chi connectivity index (χ1v) is 12.0. The Morgan fingerprint density at radius 1 is 0.906 bits per heavy atom. The highest BCUT2D eigenvalue weighted by Gasteiger charge is 2.24. The lowest BCUT2D eigenvalue weighted by atomic mass is 10.1. The average molecular weight is 439 g/mol. The van der Waals surface area contributed by atoms with E-state index in [0.29, 0.717) is 44.9 Å². The first-order chi connectivity index (χ1) is 15.3. The lowest BCUT2D eigenvalue weighted by Gasteiger charge is -2.35. The van der Waals surface area contributed by atoms with Crippen LogP contribution in [0.25, 0.3) is 0 Å². The zero-order chi connectivity index (χ0) is 23.1. The van der Waals surface area contributed by atoms with Gasteiger partial charge in [-0.25, -0.2) is 0 Å². The molecule has 0 N–H and O–H groups in total. The number of piperazine rings is 1. The van der Waals surface area contributed by atoms with Gasteiger partial charge in [0, 0.05) is 51.3 Å². The van der Waals surface area contributed by atoms with E-state index >= 15 is 0 Å². The molecule has 32 heavy (non-hydrogen) atoms. The number of nitrogens with zero attached hydrogens (tertiary/aromatic N) is 4. The van der Waals surface area contributed by atoms with Gasteiger partial charge in [-0.15, -0.1) is 0 Å². The fourth-order valence-electron chi connectivity index (χ4n) is 4.46. The third kappa shape index (κ3) is 6.44. The highest BCUT2D eigenvalue weighted by molar-refractivity contribution is 5.78. The summed E-state index contributed by atoms with van der Waals surface area (Å²) in [5.41, 5.74) is 4.68. The molecule has 1 fully saturated rings. The number of amides is 2. The fraction of sp³-hybridized carbons (Fsp3) is 0.577. The number of hydrogen-bond acceptors (Lipinski definition) is 3. The third-order valence-corrected chi connectivity index (χ3v) is 6.34. The Morgan fingerprint density at radius 3 is 2.09 bits per heavy atom. The van der Waals surface area contributed by atoms with Crippen LogP contribution in [-0.2, 0) is 29.0 Å². The number of benzene rings is 1. The Balaban J connectivity index is 1.40. The predicted molar refractivity (Wildman–Crippen MR) is 127 cm³/mol. The van der Waals surface area contributed by atoms with Crippen LogP contribution in [0.15, 0.2) is 30.3 Å². The molecule has 1 aromatic heterocycles. The second-order valence-corrected chi connectivity index (χ2v) is 9.33. The average Bonchev–Trinajstić information content (AvgIpc) is 3.04. The third-order valence-electron chi connectivity index (χ3n) is 6.34. The minimum atomic E-state index is 0.177. The molecule has 0 aliphatic carbocycles. The molecule has 174 valence electrons. The maximum absolute atomic E-state index is 12.8. The van der Waals surface area contributed by atoms with E-state index in [4.69, 9.17) is 0 Å². The number of rotatable bonds is 9. The molecular formula is C26H38N4O2. The van der Waals surface area contributed by atoms with E-state index in [-0.39, 0.29) is 11.8 Å². The maximum atomic E-state index is 12.8. The van der Waals surface area contributed by atoms with Crippen LogP contribution >= 0.6 is 0 Å². The topological polar surface area (TPSA) is 58.4 Å². The number of aryl methyl sites for hydroxylation is 2. The van der Waals surface area contributed by atoms with Crippen LogP contribution in [0.3, 0.4) is 0 Å². The van der Waals surface area contributed by atoms with Gasteiger partial charge in [0.1, 0.15) is 0 Å². The lowest BCUT2D eigenvalue weighted by Crippen LogP contribution is -2.50. The van der Waals surface area contributed by atoms with Crippen molar-refractivity contribution >= 4 is 11.8 Å². The van der Waals surface area contributed by atoms with Crippen LogP contribution in [-0.4, -0.2) is 57.6 Å². The van der Waals surface area contributed by atoms with Gasteiger partial charge in [-0.05, 0) is 50.2 Å². The van der Waals surface area contributed by atoms with Crippen LogP contribution < -0.4 is 0 Å². The van der Waals surface area contributed by atoms with Crippen LogP contribution in [0.1, 0.15) is 55.6 Å². The van der Waals surface area contributed by atoms with Crippen molar-refractivity contribution in [2.45, 2.75) is 66.3 Å². The second-order valence-electron chi connectivity index (χ2n) is 9.33. The molecule has 0 unspecified atom stereocenters. The van der Waals surface area contributed by atoms with Gasteiger partial charge in [-0.1, -0.05) is 44.2 Å². The summed E-state index contributed by atoms with van der Waals surface area (Å²) in [7, 11) is 0. The molecule has 6 heteroatoms. The summed E-state index contributed by atoms with van der Waals surface area (Å²) in [6, 6.07) is 10.3. The van der Waals surface area contributed by atoms with Gasteiger partial charge in [-0.2, -0.15) is 5.10 Å². The summed E-state index contributed by atoms with van der Waals surface area (Å²) in [6.07, 6.45) is 3.60. The minimum absolute atomic E-state index is 0.177. The van der Waals surface area contributed by atoms with E-state index in [1.807, 2.05) is 34.9 Å². The van der Waals surface area contributed by atoms with Crippen LogP contribution in [0, 0.1) is 19.8 Å². The molecule has 2 heterocycles. The van der Waals surface area contributed by atoms with Crippen molar-refractivity contribution in [3.05, 3.63) is 52.8 Å². The first kappa shape index (κ1) is 24.0. The Morgan fingerprint density at radius 2 is 1.50 bits per heavy atom. The SMILES string of the molecule is Cc1nn(CC(C)C)c(C)c1CCC(=O)N1CCN(C(=O)CCCc2ccccc2)CC1. The van der Waals surface area contributed by atoms with E-state index in [0.717, 1.165) is 31.5 Å². The van der Waals surface area contributed by atoms with Crippen LogP contribution in [0.2, 0.25) is 0 Å². The van der Waals surface area contributed by atoms with E-state index in [9.17, 15) is 9.59 Å². The van der Waals surface area contributed by atoms with E-state index in [1.165, 1.54) is 16.8 Å². The molecule has 3 rings (SSSR count). The van der Waals surface area contributed by atoms with Crippen LogP contribution in [0.4, 0.5) is 0 Å². The number of hydrogen-bond donors (Lipinski definition) is 0. The summed E-state index contributed by atoms with van der Waals surface area (Å²) in [5, 5.41) is 4.66. The molecule has 6 nitrogen and oxygen atoms in total. The van der Waals surface area contributed by atoms with Gasteiger partial charge in [0.2, 0.25) is 11.8 Å². The fourth-order valence-corrected chi connectivity index (χ4v) is 4.46. The van der Waals surface area contributed by atoms with Crippen molar-refractivity contribution in [3.8, 4) is 0 Å². The molecule has 1 aliphatic rings. The number of aromatic nitrogens is 2. The zero-order valence-corrected chi connectivity index (χ0v) is 20.1. The second kappa shape index (κ2) is 11.3. The van der Waals surface area contributed by atoms with Crippen molar-refractivity contribution in [2.24, 2.45) is 5.92 Å². The summed E-state index contributed by atoms with van der Waals surface area (Å²) < 4.78 is 2.07. The van der Waals surface area contributed by atoms with Crippen molar-refractivity contribution in [2.75, 3.05) is 26.2 Å². The molecule has 2 aromatic rings. The molecular weight excluding hydrogens is 400 g/mol. The van der Waals surface area contributed by atoms with E-state index in [2.05, 4.69) is 42.7 Å². The molecule has 0 saturated carbocycles. The Hall–Kier alpha value is -2.63. The largest absolute Gasteiger partial charge is 0.339 e. The highest BCUT2D eigenvalue weighted by Crippen LogP contribution is 2.18. The Bertz CT molecular complexity index is 896. The van der Waals surface area contributed by atoms with Gasteiger partial charge in [-0.3, -0.25) is 14.3 Å². The predicted octanol–water partition coefficient (Wildman–Crippen LogP) is 3.78. The minimum Gasteiger partial charge on any atom is -0.339 e. The van der Waals surface area contributed by atoms with Gasteiger partial charge in [0.05, 0.1) is 5.69 Å². The number of carbonyl (C=O) groups is 2. The van der Waals surface area contributed by atoms with Gasteiger partial charge in [0.15, 0.2) is 0 Å². The molecule has 0 atom stereocenters. The van der Waals surface area contributed by atoms with Gasteiger partial charge < -0.3 is 9.80 Å². The number of carbonyl (C=O) groups excluding carboxylic acids is 2. The smallest absolute Gasteiger partial charge is 0.223 e. The molecule has 0 spiro atoms. The Kier molecular flexibility index (Phi) is 8.48. The van der Waals surface area contributed by atoms with Crippen molar-refractivity contribution in [1.29, 1.82) is 0 Å². The Labute approximate surface area is 192 Å². The quantitative estimate of drug-likeness (QED) is 0.599. The summed E-state index contributed by atoms with van der Waals surface area (Å²) in [5.74, 6) is 0.924. The van der Waals surface area contributed by atoms with Gasteiger partial charge >= 0.3 is 0 Å². The van der Waals surface area contributed by atoms with Crippen molar-refractivity contribution in [3.63, 3.8) is 0 Å². The molecule has 0 radical (unpaired) electrons. The molecule has 0 bridgehead atoms. The highest BCUT2D eigenvalue weighted by atomic mass is 16.2. The molecule has 1 saturated heterocycles. The standard InChI is InChI=1S/C26H38N4O2/c1-20(2)19-30-22(4)24(21(3)27-30)13-14-26(32)29-17-15-28(16-18-29)25(31)12-8-11-23-9-6-5-7-10-23/h5-7,9-10,20H,8,11-19H2,1-4H3. The summed E-state index contributed by atoms with van der Waals surface area (Å²) >= 11 is 0. The lowest BCUT2D eigenvalue weighted by molar-refractivity contribution is -0.139. The van der Waals surface area contributed by atoms with Crippen LogP contribution in [0.5, 0.6) is 0 Å². The van der Waals surface area contributed by atoms with E-state index in [1.54, 1.807) is 0 Å². The summed E-state index contributed by atoms with van der Waals surface area (Å²) in [6.45, 7) is 12.0.